The number of halogens is 2. The number of benzene rings is 2. The average Bonchev–Trinajstić information content (AvgIpc) is 2.68. The first-order valence-corrected chi connectivity index (χ1v) is 10.3. The van der Waals surface area contributed by atoms with Crippen LogP contribution in [0.25, 0.3) is 0 Å². The molecule has 0 aliphatic carbocycles. The SMILES string of the molecule is CCNC(=O)C(CC)N(Cc1c(Cl)cccc1Cl)C(=O)COc1cccc(C)c1. The Morgan fingerprint density at radius 3 is 2.34 bits per heavy atom. The van der Waals surface area contributed by atoms with Crippen LogP contribution < -0.4 is 10.1 Å². The molecule has 2 aromatic carbocycles. The van der Waals surface area contributed by atoms with Crippen molar-refractivity contribution >= 4 is 35.0 Å². The minimum Gasteiger partial charge on any atom is -0.484 e. The van der Waals surface area contributed by atoms with Gasteiger partial charge in [-0.3, -0.25) is 9.59 Å². The van der Waals surface area contributed by atoms with E-state index in [4.69, 9.17) is 27.9 Å². The summed E-state index contributed by atoms with van der Waals surface area (Å²) in [5.41, 5.74) is 1.63. The van der Waals surface area contributed by atoms with E-state index in [1.807, 2.05) is 39.0 Å². The highest BCUT2D eigenvalue weighted by Crippen LogP contribution is 2.27. The van der Waals surface area contributed by atoms with Crippen LogP contribution in [0.3, 0.4) is 0 Å². The maximum Gasteiger partial charge on any atom is 0.261 e. The minimum atomic E-state index is -0.657. The first kappa shape index (κ1) is 23.0. The lowest BCUT2D eigenvalue weighted by molar-refractivity contribution is -0.142. The van der Waals surface area contributed by atoms with E-state index in [0.29, 0.717) is 34.3 Å². The Hall–Kier alpha value is -2.24. The largest absolute Gasteiger partial charge is 0.484 e. The summed E-state index contributed by atoms with van der Waals surface area (Å²) in [6, 6.07) is 11.9. The maximum absolute atomic E-state index is 13.1. The first-order valence-electron chi connectivity index (χ1n) is 9.56. The van der Waals surface area contributed by atoms with Gasteiger partial charge in [-0.15, -0.1) is 0 Å². The molecular formula is C22H26Cl2N2O3. The van der Waals surface area contributed by atoms with Crippen LogP contribution in [0.15, 0.2) is 42.5 Å². The highest BCUT2D eigenvalue weighted by Gasteiger charge is 2.29. The van der Waals surface area contributed by atoms with Crippen LogP contribution in [-0.2, 0) is 16.1 Å². The Labute approximate surface area is 181 Å². The Balaban J connectivity index is 2.27. The number of nitrogens with one attached hydrogen (secondary N) is 1. The second kappa shape index (κ2) is 11.1. The third-order valence-corrected chi connectivity index (χ3v) is 5.19. The summed E-state index contributed by atoms with van der Waals surface area (Å²) in [6.45, 7) is 6.04. The van der Waals surface area contributed by atoms with Crippen molar-refractivity contribution in [3.63, 3.8) is 0 Å². The van der Waals surface area contributed by atoms with E-state index in [1.54, 1.807) is 24.3 Å². The molecule has 0 aliphatic rings. The van der Waals surface area contributed by atoms with Crippen molar-refractivity contribution in [2.24, 2.45) is 0 Å². The third-order valence-electron chi connectivity index (χ3n) is 4.48. The van der Waals surface area contributed by atoms with Crippen LogP contribution in [0.1, 0.15) is 31.4 Å². The van der Waals surface area contributed by atoms with Crippen molar-refractivity contribution in [3.05, 3.63) is 63.6 Å². The van der Waals surface area contributed by atoms with E-state index in [2.05, 4.69) is 5.32 Å². The van der Waals surface area contributed by atoms with Crippen LogP contribution in [-0.4, -0.2) is 35.9 Å². The van der Waals surface area contributed by atoms with Crippen molar-refractivity contribution in [2.45, 2.75) is 39.8 Å². The number of ether oxygens (including phenoxy) is 1. The molecule has 1 atom stereocenters. The van der Waals surface area contributed by atoms with Gasteiger partial charge >= 0.3 is 0 Å². The highest BCUT2D eigenvalue weighted by atomic mass is 35.5. The number of aryl methyl sites for hydroxylation is 1. The van der Waals surface area contributed by atoms with Gasteiger partial charge in [0.15, 0.2) is 6.61 Å². The zero-order valence-electron chi connectivity index (χ0n) is 16.9. The fourth-order valence-electron chi connectivity index (χ4n) is 3.00. The monoisotopic (exact) mass is 436 g/mol. The molecule has 0 radical (unpaired) electrons. The number of carbonyl (C=O) groups is 2. The maximum atomic E-state index is 13.1. The van der Waals surface area contributed by atoms with E-state index in [1.165, 1.54) is 4.90 Å². The molecule has 7 heteroatoms. The number of hydrogen-bond donors (Lipinski definition) is 1. The van der Waals surface area contributed by atoms with Gasteiger partial charge in [0, 0.05) is 28.7 Å². The number of amides is 2. The quantitative estimate of drug-likeness (QED) is 0.623. The van der Waals surface area contributed by atoms with E-state index in [9.17, 15) is 9.59 Å². The van der Waals surface area contributed by atoms with Crippen molar-refractivity contribution in [1.82, 2.24) is 10.2 Å². The number of rotatable bonds is 9. The zero-order valence-corrected chi connectivity index (χ0v) is 18.4. The van der Waals surface area contributed by atoms with Gasteiger partial charge in [-0.2, -0.15) is 0 Å². The minimum absolute atomic E-state index is 0.115. The van der Waals surface area contributed by atoms with E-state index in [0.717, 1.165) is 5.56 Å². The van der Waals surface area contributed by atoms with Crippen molar-refractivity contribution in [1.29, 1.82) is 0 Å². The summed E-state index contributed by atoms with van der Waals surface area (Å²) in [4.78, 5) is 27.1. The highest BCUT2D eigenvalue weighted by molar-refractivity contribution is 6.36. The lowest BCUT2D eigenvalue weighted by atomic mass is 10.1. The van der Waals surface area contributed by atoms with E-state index >= 15 is 0 Å². The molecule has 0 saturated carbocycles. The normalized spacial score (nSPS) is 11.6. The lowest BCUT2D eigenvalue weighted by Gasteiger charge is -2.31. The Bertz CT molecular complexity index is 837. The molecule has 0 bridgehead atoms. The predicted molar refractivity (Wildman–Crippen MR) is 116 cm³/mol. The van der Waals surface area contributed by atoms with Crippen molar-refractivity contribution in [3.8, 4) is 5.75 Å². The molecule has 2 amide bonds. The molecular weight excluding hydrogens is 411 g/mol. The van der Waals surface area contributed by atoms with Crippen LogP contribution >= 0.6 is 23.2 Å². The van der Waals surface area contributed by atoms with E-state index < -0.39 is 6.04 Å². The molecule has 0 fully saturated rings. The van der Waals surface area contributed by atoms with Gasteiger partial charge in [0.1, 0.15) is 11.8 Å². The molecule has 0 aromatic heterocycles. The summed E-state index contributed by atoms with van der Waals surface area (Å²) in [7, 11) is 0. The molecule has 156 valence electrons. The third kappa shape index (κ3) is 6.38. The van der Waals surface area contributed by atoms with Gasteiger partial charge in [0.25, 0.3) is 5.91 Å². The smallest absolute Gasteiger partial charge is 0.261 e. The van der Waals surface area contributed by atoms with Gasteiger partial charge < -0.3 is 15.0 Å². The second-order valence-corrected chi connectivity index (χ2v) is 7.46. The first-order chi connectivity index (χ1) is 13.9. The number of hydrogen-bond acceptors (Lipinski definition) is 3. The summed E-state index contributed by atoms with van der Waals surface area (Å²) in [5.74, 6) is 0.0582. The van der Waals surface area contributed by atoms with Crippen molar-refractivity contribution in [2.75, 3.05) is 13.2 Å². The molecule has 0 aliphatic heterocycles. The molecule has 0 heterocycles. The van der Waals surface area contributed by atoms with Gasteiger partial charge in [-0.05, 0) is 50.1 Å². The summed E-state index contributed by atoms with van der Waals surface area (Å²) in [5, 5.41) is 3.68. The fraction of sp³-hybridized carbons (Fsp3) is 0.364. The molecule has 2 rings (SSSR count). The summed E-state index contributed by atoms with van der Waals surface area (Å²) < 4.78 is 5.67. The number of carbonyl (C=O) groups excluding carboxylic acids is 2. The number of likely N-dealkylation sites (N-methyl/N-ethyl adjacent to an activating group) is 1. The summed E-state index contributed by atoms with van der Waals surface area (Å²) in [6.07, 6.45) is 0.449. The lowest BCUT2D eigenvalue weighted by Crippen LogP contribution is -2.50. The molecule has 1 unspecified atom stereocenters. The summed E-state index contributed by atoms with van der Waals surface area (Å²) >= 11 is 12.6. The molecule has 5 nitrogen and oxygen atoms in total. The van der Waals surface area contributed by atoms with Gasteiger partial charge in [0.2, 0.25) is 5.91 Å². The molecule has 2 aromatic rings. The molecule has 1 N–H and O–H groups in total. The van der Waals surface area contributed by atoms with Crippen LogP contribution in [0, 0.1) is 6.92 Å². The van der Waals surface area contributed by atoms with Gasteiger partial charge in [-0.1, -0.05) is 48.3 Å². The topological polar surface area (TPSA) is 58.6 Å². The zero-order chi connectivity index (χ0) is 21.4. The standard InChI is InChI=1S/C22H26Cl2N2O3/c1-4-20(22(28)25-5-2)26(13-17-18(23)10-7-11-19(17)24)21(27)14-29-16-9-6-8-15(3)12-16/h6-12,20H,4-5,13-14H2,1-3H3,(H,25,28). The molecule has 29 heavy (non-hydrogen) atoms. The van der Waals surface area contributed by atoms with Gasteiger partial charge in [0.05, 0.1) is 0 Å². The van der Waals surface area contributed by atoms with Crippen LogP contribution in [0.4, 0.5) is 0 Å². The van der Waals surface area contributed by atoms with Crippen molar-refractivity contribution < 1.29 is 14.3 Å². The molecule has 0 spiro atoms. The average molecular weight is 437 g/mol. The predicted octanol–water partition coefficient (Wildman–Crippen LogP) is 4.62. The Kier molecular flexibility index (Phi) is 8.80. The van der Waals surface area contributed by atoms with Crippen LogP contribution in [0.2, 0.25) is 10.0 Å². The van der Waals surface area contributed by atoms with Gasteiger partial charge in [-0.25, -0.2) is 0 Å². The number of nitrogens with zero attached hydrogens (tertiary/aromatic N) is 1. The van der Waals surface area contributed by atoms with E-state index in [-0.39, 0.29) is 25.0 Å². The second-order valence-electron chi connectivity index (χ2n) is 6.65. The Morgan fingerprint density at radius 2 is 1.76 bits per heavy atom. The fourth-order valence-corrected chi connectivity index (χ4v) is 3.52. The van der Waals surface area contributed by atoms with Crippen LogP contribution in [0.5, 0.6) is 5.75 Å². The molecule has 0 saturated heterocycles. The Morgan fingerprint density at radius 1 is 1.10 bits per heavy atom.